The number of para-hydroxylation sites is 2. The maximum absolute atomic E-state index is 13.4. The molecule has 32 heavy (non-hydrogen) atoms. The van der Waals surface area contributed by atoms with Crippen molar-refractivity contribution >= 4 is 28.8 Å². The van der Waals surface area contributed by atoms with Gasteiger partial charge >= 0.3 is 0 Å². The summed E-state index contributed by atoms with van der Waals surface area (Å²) in [5, 5.41) is 3.93. The van der Waals surface area contributed by atoms with Gasteiger partial charge in [0.1, 0.15) is 11.4 Å². The van der Waals surface area contributed by atoms with E-state index in [1.807, 2.05) is 35.4 Å². The highest BCUT2D eigenvalue weighted by Crippen LogP contribution is 2.25. The SMILES string of the molecule is CCn1cc(C=C(NC(=O)c2ccccc2OC)C(=O)N2CCCCC2)c2ccccc21. The summed E-state index contributed by atoms with van der Waals surface area (Å²) in [6.07, 6.45) is 6.92. The van der Waals surface area contributed by atoms with Gasteiger partial charge in [0.2, 0.25) is 0 Å². The van der Waals surface area contributed by atoms with Gasteiger partial charge in [-0.3, -0.25) is 9.59 Å². The summed E-state index contributed by atoms with van der Waals surface area (Å²) in [6.45, 7) is 4.31. The van der Waals surface area contributed by atoms with Crippen LogP contribution in [0.25, 0.3) is 17.0 Å². The first-order chi connectivity index (χ1) is 15.6. The van der Waals surface area contributed by atoms with Gasteiger partial charge in [-0.25, -0.2) is 0 Å². The Balaban J connectivity index is 1.74. The molecule has 0 saturated carbocycles. The second kappa shape index (κ2) is 9.73. The Kier molecular flexibility index (Phi) is 6.59. The van der Waals surface area contributed by atoms with Crippen LogP contribution in [0.4, 0.5) is 0 Å². The van der Waals surface area contributed by atoms with Crippen LogP contribution in [0, 0.1) is 0 Å². The zero-order chi connectivity index (χ0) is 22.5. The Hall–Kier alpha value is -3.54. The van der Waals surface area contributed by atoms with Crippen molar-refractivity contribution in [3.05, 3.63) is 71.6 Å². The Bertz CT molecular complexity index is 1160. The largest absolute Gasteiger partial charge is 0.496 e. The number of nitrogens with one attached hydrogen (secondary N) is 1. The van der Waals surface area contributed by atoms with Gasteiger partial charge in [-0.2, -0.15) is 0 Å². The molecule has 1 saturated heterocycles. The second-order valence-electron chi connectivity index (χ2n) is 7.95. The van der Waals surface area contributed by atoms with Crippen LogP contribution in [0.15, 0.2) is 60.4 Å². The number of piperidine rings is 1. The first kappa shape index (κ1) is 21.7. The Morgan fingerprint density at radius 3 is 2.50 bits per heavy atom. The molecule has 0 atom stereocenters. The van der Waals surface area contributed by atoms with Crippen molar-refractivity contribution < 1.29 is 14.3 Å². The summed E-state index contributed by atoms with van der Waals surface area (Å²) in [5.74, 6) is -0.0445. The second-order valence-corrected chi connectivity index (χ2v) is 7.95. The molecule has 0 unspecified atom stereocenters. The van der Waals surface area contributed by atoms with Crippen molar-refractivity contribution in [2.45, 2.75) is 32.7 Å². The number of hydrogen-bond acceptors (Lipinski definition) is 3. The minimum absolute atomic E-state index is 0.152. The minimum atomic E-state index is -0.363. The van der Waals surface area contributed by atoms with E-state index >= 15 is 0 Å². The first-order valence-corrected chi connectivity index (χ1v) is 11.2. The summed E-state index contributed by atoms with van der Waals surface area (Å²) >= 11 is 0. The third-order valence-electron chi connectivity index (χ3n) is 5.93. The predicted octanol–water partition coefficient (Wildman–Crippen LogP) is 4.45. The zero-order valence-corrected chi connectivity index (χ0v) is 18.6. The molecule has 0 bridgehead atoms. The molecule has 2 aromatic carbocycles. The fourth-order valence-electron chi connectivity index (χ4n) is 4.25. The standard InChI is InChI=1S/C26H29N3O3/c1-3-28-18-19(20-11-5-7-13-23(20)28)17-22(26(31)29-15-9-4-10-16-29)27-25(30)21-12-6-8-14-24(21)32-2/h5-8,11-14,17-18H,3-4,9-10,15-16H2,1-2H3,(H,27,30). The molecule has 1 aliphatic heterocycles. The van der Waals surface area contributed by atoms with Crippen LogP contribution in [0.5, 0.6) is 5.75 Å². The molecule has 1 fully saturated rings. The number of carbonyl (C=O) groups is 2. The molecule has 2 amide bonds. The number of nitrogens with zero attached hydrogens (tertiary/aromatic N) is 2. The highest BCUT2D eigenvalue weighted by molar-refractivity contribution is 6.07. The Morgan fingerprint density at radius 1 is 1.03 bits per heavy atom. The van der Waals surface area contributed by atoms with Gasteiger partial charge in [-0.15, -0.1) is 0 Å². The molecule has 0 spiro atoms. The molecule has 0 aliphatic carbocycles. The number of ether oxygens (including phenoxy) is 1. The van der Waals surface area contributed by atoms with Crippen molar-refractivity contribution in [2.24, 2.45) is 0 Å². The number of fused-ring (bicyclic) bond motifs is 1. The fraction of sp³-hybridized carbons (Fsp3) is 0.308. The molecule has 4 rings (SSSR count). The van der Waals surface area contributed by atoms with Gasteiger partial charge in [0.05, 0.1) is 12.7 Å². The van der Waals surface area contributed by atoms with E-state index in [0.717, 1.165) is 42.3 Å². The summed E-state index contributed by atoms with van der Waals surface area (Å²) in [7, 11) is 1.53. The van der Waals surface area contributed by atoms with Crippen LogP contribution in [-0.2, 0) is 11.3 Å². The third-order valence-corrected chi connectivity index (χ3v) is 5.93. The Labute approximate surface area is 188 Å². The van der Waals surface area contributed by atoms with E-state index in [-0.39, 0.29) is 17.5 Å². The highest BCUT2D eigenvalue weighted by atomic mass is 16.5. The van der Waals surface area contributed by atoms with Crippen molar-refractivity contribution in [1.29, 1.82) is 0 Å². The normalized spacial score (nSPS) is 14.4. The van der Waals surface area contributed by atoms with Gasteiger partial charge < -0.3 is 19.5 Å². The van der Waals surface area contributed by atoms with Crippen LogP contribution in [0.3, 0.4) is 0 Å². The highest BCUT2D eigenvalue weighted by Gasteiger charge is 2.24. The average molecular weight is 432 g/mol. The average Bonchev–Trinajstić information content (AvgIpc) is 3.21. The predicted molar refractivity (Wildman–Crippen MR) is 126 cm³/mol. The Morgan fingerprint density at radius 2 is 1.75 bits per heavy atom. The van der Waals surface area contributed by atoms with Crippen molar-refractivity contribution in [3.63, 3.8) is 0 Å². The van der Waals surface area contributed by atoms with Crippen LogP contribution >= 0.6 is 0 Å². The van der Waals surface area contributed by atoms with E-state index in [4.69, 9.17) is 4.74 Å². The van der Waals surface area contributed by atoms with E-state index in [9.17, 15) is 9.59 Å². The summed E-state index contributed by atoms with van der Waals surface area (Å²) < 4.78 is 7.48. The van der Waals surface area contributed by atoms with Crippen LogP contribution in [0.1, 0.15) is 42.1 Å². The van der Waals surface area contributed by atoms with E-state index < -0.39 is 0 Å². The molecule has 6 nitrogen and oxygen atoms in total. The lowest BCUT2D eigenvalue weighted by molar-refractivity contribution is -0.128. The third kappa shape index (κ3) is 4.40. The summed E-state index contributed by atoms with van der Waals surface area (Å²) in [6, 6.07) is 15.1. The fourth-order valence-corrected chi connectivity index (χ4v) is 4.25. The number of aromatic nitrogens is 1. The molecule has 3 aromatic rings. The van der Waals surface area contributed by atoms with Gasteiger partial charge in [-0.05, 0) is 50.5 Å². The topological polar surface area (TPSA) is 63.6 Å². The summed E-state index contributed by atoms with van der Waals surface area (Å²) in [5.41, 5.74) is 2.68. The number of aryl methyl sites for hydroxylation is 1. The van der Waals surface area contributed by atoms with E-state index in [1.165, 1.54) is 7.11 Å². The number of benzene rings is 2. The molecule has 1 aromatic heterocycles. The molecule has 1 aliphatic rings. The lowest BCUT2D eigenvalue weighted by atomic mass is 10.1. The van der Waals surface area contributed by atoms with Crippen LogP contribution in [0.2, 0.25) is 0 Å². The molecular weight excluding hydrogens is 402 g/mol. The lowest BCUT2D eigenvalue weighted by Gasteiger charge is -2.27. The smallest absolute Gasteiger partial charge is 0.270 e. The molecule has 166 valence electrons. The molecular formula is C26H29N3O3. The van der Waals surface area contributed by atoms with Gasteiger partial charge in [0.15, 0.2) is 0 Å². The number of methoxy groups -OCH3 is 1. The molecule has 6 heteroatoms. The molecule has 2 heterocycles. The molecule has 1 N–H and O–H groups in total. The van der Waals surface area contributed by atoms with E-state index in [1.54, 1.807) is 24.3 Å². The number of likely N-dealkylation sites (tertiary alicyclic amines) is 1. The van der Waals surface area contributed by atoms with Crippen molar-refractivity contribution in [3.8, 4) is 5.75 Å². The van der Waals surface area contributed by atoms with Crippen molar-refractivity contribution in [2.75, 3.05) is 20.2 Å². The van der Waals surface area contributed by atoms with Gasteiger partial charge in [0, 0.05) is 42.3 Å². The first-order valence-electron chi connectivity index (χ1n) is 11.2. The maximum atomic E-state index is 13.4. The van der Waals surface area contributed by atoms with E-state index in [2.05, 4.69) is 22.9 Å². The number of carbonyl (C=O) groups excluding carboxylic acids is 2. The van der Waals surface area contributed by atoms with E-state index in [0.29, 0.717) is 24.4 Å². The summed E-state index contributed by atoms with van der Waals surface area (Å²) in [4.78, 5) is 28.4. The molecule has 0 radical (unpaired) electrons. The number of amides is 2. The van der Waals surface area contributed by atoms with Crippen molar-refractivity contribution in [1.82, 2.24) is 14.8 Å². The quantitative estimate of drug-likeness (QED) is 0.587. The van der Waals surface area contributed by atoms with Gasteiger partial charge in [0.25, 0.3) is 11.8 Å². The maximum Gasteiger partial charge on any atom is 0.270 e. The van der Waals surface area contributed by atoms with Gasteiger partial charge in [-0.1, -0.05) is 30.3 Å². The number of rotatable bonds is 6. The zero-order valence-electron chi connectivity index (χ0n) is 18.6. The van der Waals surface area contributed by atoms with Crippen LogP contribution in [-0.4, -0.2) is 41.5 Å². The lowest BCUT2D eigenvalue weighted by Crippen LogP contribution is -2.41. The van der Waals surface area contributed by atoms with Crippen LogP contribution < -0.4 is 10.1 Å². The minimum Gasteiger partial charge on any atom is -0.496 e. The monoisotopic (exact) mass is 431 g/mol. The number of hydrogen-bond donors (Lipinski definition) is 1.